The van der Waals surface area contributed by atoms with Crippen LogP contribution in [0.1, 0.15) is 88.6 Å². The molecule has 0 bridgehead atoms. The molecule has 43 heavy (non-hydrogen) atoms. The van der Waals surface area contributed by atoms with Crippen molar-refractivity contribution in [3.63, 3.8) is 0 Å². The lowest BCUT2D eigenvalue weighted by atomic mass is 9.88. The van der Waals surface area contributed by atoms with Crippen LogP contribution in [-0.2, 0) is 4.79 Å². The standard InChI is InChI=1S/C15H15BrN2O.C15H14O.C8H18/c1-10(13-6-4-5-7-15(13)19)8-11(2)18-12(3)14(16)9-17-18;1-12(16)15(13-8-4-2-5-9-13)14-10-6-3-7-11-14;1-4-6-8(3)7-5-2/h4-9,19H,1H2,2-3H3;2-11,15H,1H3;8H,4-7H2,1-3H3/b11-8-;;. The van der Waals surface area contributed by atoms with E-state index in [0.29, 0.717) is 0 Å². The Kier molecular flexibility index (Phi) is 15.5. The van der Waals surface area contributed by atoms with Crippen molar-refractivity contribution in [1.82, 2.24) is 9.78 Å². The number of rotatable bonds is 10. The van der Waals surface area contributed by atoms with Gasteiger partial charge in [-0.05, 0) is 71.5 Å². The van der Waals surface area contributed by atoms with Crippen molar-refractivity contribution in [2.75, 3.05) is 0 Å². The maximum Gasteiger partial charge on any atom is 0.141 e. The van der Waals surface area contributed by atoms with Gasteiger partial charge in [-0.2, -0.15) is 5.10 Å². The smallest absolute Gasteiger partial charge is 0.141 e. The summed E-state index contributed by atoms with van der Waals surface area (Å²) in [7, 11) is 0. The van der Waals surface area contributed by atoms with E-state index in [4.69, 9.17) is 0 Å². The second-order valence-corrected chi connectivity index (χ2v) is 11.7. The van der Waals surface area contributed by atoms with Crippen LogP contribution in [-0.4, -0.2) is 20.7 Å². The highest BCUT2D eigenvalue weighted by Gasteiger charge is 2.18. The van der Waals surface area contributed by atoms with Crippen LogP contribution in [0.15, 0.2) is 108 Å². The largest absolute Gasteiger partial charge is 0.507 e. The van der Waals surface area contributed by atoms with Gasteiger partial charge in [-0.3, -0.25) is 4.79 Å². The molecule has 1 heterocycles. The van der Waals surface area contributed by atoms with Crippen LogP contribution in [0.25, 0.3) is 11.3 Å². The summed E-state index contributed by atoms with van der Waals surface area (Å²) in [6, 6.07) is 26.9. The van der Waals surface area contributed by atoms with E-state index in [-0.39, 0.29) is 17.5 Å². The van der Waals surface area contributed by atoms with Crippen LogP contribution >= 0.6 is 15.9 Å². The van der Waals surface area contributed by atoms with E-state index >= 15 is 0 Å². The minimum atomic E-state index is -0.137. The molecule has 0 aliphatic carbocycles. The molecule has 0 aliphatic heterocycles. The van der Waals surface area contributed by atoms with Gasteiger partial charge < -0.3 is 5.11 Å². The van der Waals surface area contributed by atoms with E-state index in [1.54, 1.807) is 25.3 Å². The number of hydrogen-bond donors (Lipinski definition) is 1. The van der Waals surface area contributed by atoms with Gasteiger partial charge in [0.1, 0.15) is 11.5 Å². The van der Waals surface area contributed by atoms with Crippen molar-refractivity contribution in [2.45, 2.75) is 73.1 Å². The van der Waals surface area contributed by atoms with E-state index in [9.17, 15) is 9.90 Å². The molecule has 5 heteroatoms. The van der Waals surface area contributed by atoms with E-state index in [1.165, 1.54) is 25.7 Å². The molecule has 3 aromatic carbocycles. The molecule has 0 amide bonds. The summed E-state index contributed by atoms with van der Waals surface area (Å²) >= 11 is 3.43. The van der Waals surface area contributed by atoms with Crippen LogP contribution in [0.2, 0.25) is 0 Å². The summed E-state index contributed by atoms with van der Waals surface area (Å²) in [6.07, 6.45) is 9.18. The lowest BCUT2D eigenvalue weighted by Crippen LogP contribution is -2.10. The molecule has 4 aromatic rings. The summed E-state index contributed by atoms with van der Waals surface area (Å²) in [5, 5.41) is 14.1. The molecule has 1 aromatic heterocycles. The highest BCUT2D eigenvalue weighted by molar-refractivity contribution is 9.10. The first-order valence-electron chi connectivity index (χ1n) is 15.1. The quantitative estimate of drug-likeness (QED) is 0.175. The normalized spacial score (nSPS) is 11.0. The fourth-order valence-electron chi connectivity index (χ4n) is 4.96. The summed E-state index contributed by atoms with van der Waals surface area (Å²) in [4.78, 5) is 11.7. The molecular formula is C38H47BrN2O2. The summed E-state index contributed by atoms with van der Waals surface area (Å²) in [5.41, 5.74) is 5.56. The fourth-order valence-corrected chi connectivity index (χ4v) is 5.22. The fraction of sp³-hybridized carbons (Fsp3) is 0.316. The Hall–Kier alpha value is -3.70. The predicted molar refractivity (Wildman–Crippen MR) is 186 cm³/mol. The van der Waals surface area contributed by atoms with Gasteiger partial charge in [0.25, 0.3) is 0 Å². The first-order valence-corrected chi connectivity index (χ1v) is 15.9. The van der Waals surface area contributed by atoms with Crippen LogP contribution < -0.4 is 0 Å². The van der Waals surface area contributed by atoms with E-state index in [1.807, 2.05) is 97.4 Å². The lowest BCUT2D eigenvalue weighted by Gasteiger charge is -2.14. The SMILES string of the molecule is C=C(/C=C(/C)n1ncc(Br)c1C)c1ccccc1O.CC(=O)C(c1ccccc1)c1ccccc1.CCCC(C)CCC. The van der Waals surface area contributed by atoms with Gasteiger partial charge in [0, 0.05) is 11.3 Å². The van der Waals surface area contributed by atoms with E-state index in [0.717, 1.165) is 44.0 Å². The summed E-state index contributed by atoms with van der Waals surface area (Å²) in [6.45, 7) is 16.4. The van der Waals surface area contributed by atoms with E-state index in [2.05, 4.69) is 48.4 Å². The minimum absolute atomic E-state index is 0.137. The van der Waals surface area contributed by atoms with Crippen molar-refractivity contribution < 1.29 is 9.90 Å². The van der Waals surface area contributed by atoms with Gasteiger partial charge in [-0.25, -0.2) is 4.68 Å². The first-order chi connectivity index (χ1) is 20.6. The highest BCUT2D eigenvalue weighted by atomic mass is 79.9. The molecule has 0 saturated carbocycles. The maximum absolute atomic E-state index is 11.7. The number of halogens is 1. The number of carbonyl (C=O) groups excluding carboxylic acids is 1. The molecule has 0 spiro atoms. The molecule has 0 aliphatic rings. The Morgan fingerprint density at radius 2 is 1.40 bits per heavy atom. The molecule has 1 N–H and O–H groups in total. The zero-order valence-corrected chi connectivity index (χ0v) is 28.1. The number of hydrogen-bond acceptors (Lipinski definition) is 3. The average Bonchev–Trinajstić information content (AvgIpc) is 3.33. The van der Waals surface area contributed by atoms with Crippen LogP contribution in [0.5, 0.6) is 5.75 Å². The Labute approximate surface area is 267 Å². The first kappa shape index (κ1) is 35.5. The Morgan fingerprint density at radius 1 is 0.907 bits per heavy atom. The molecule has 0 unspecified atom stereocenters. The zero-order chi connectivity index (χ0) is 31.8. The number of phenols is 1. The molecular weight excluding hydrogens is 596 g/mol. The topological polar surface area (TPSA) is 55.1 Å². The third-order valence-corrected chi connectivity index (χ3v) is 7.93. The van der Waals surface area contributed by atoms with Gasteiger partial charge in [-0.1, -0.05) is 132 Å². The zero-order valence-electron chi connectivity index (χ0n) is 26.6. The predicted octanol–water partition coefficient (Wildman–Crippen LogP) is 10.9. The van der Waals surface area contributed by atoms with Crippen LogP contribution in [0, 0.1) is 12.8 Å². The molecule has 4 rings (SSSR count). The molecule has 4 nitrogen and oxygen atoms in total. The number of para-hydroxylation sites is 1. The number of nitrogens with zero attached hydrogens (tertiary/aromatic N) is 2. The number of benzene rings is 3. The second-order valence-electron chi connectivity index (χ2n) is 10.9. The second kappa shape index (κ2) is 18.8. The van der Waals surface area contributed by atoms with E-state index < -0.39 is 0 Å². The Morgan fingerprint density at radius 3 is 1.81 bits per heavy atom. The van der Waals surface area contributed by atoms with Crippen LogP contribution in [0.3, 0.4) is 0 Å². The lowest BCUT2D eigenvalue weighted by molar-refractivity contribution is -0.117. The van der Waals surface area contributed by atoms with Gasteiger partial charge in [0.15, 0.2) is 0 Å². The van der Waals surface area contributed by atoms with Crippen molar-refractivity contribution in [2.24, 2.45) is 5.92 Å². The number of allylic oxidation sites excluding steroid dienone is 3. The minimum Gasteiger partial charge on any atom is -0.507 e. The highest BCUT2D eigenvalue weighted by Crippen LogP contribution is 2.27. The van der Waals surface area contributed by atoms with Crippen molar-refractivity contribution in [1.29, 1.82) is 0 Å². The van der Waals surface area contributed by atoms with Gasteiger partial charge in [-0.15, -0.1) is 0 Å². The van der Waals surface area contributed by atoms with Gasteiger partial charge >= 0.3 is 0 Å². The third-order valence-electron chi connectivity index (χ3n) is 7.15. The Balaban J connectivity index is 0.000000244. The number of phenolic OH excluding ortho intramolecular Hbond substituents is 1. The molecule has 228 valence electrons. The number of carbonyl (C=O) groups is 1. The number of Topliss-reactive ketones (excluding diaryl/α,β-unsaturated/α-hetero) is 1. The average molecular weight is 644 g/mol. The number of ketones is 1. The van der Waals surface area contributed by atoms with Crippen molar-refractivity contribution in [3.8, 4) is 5.75 Å². The molecule has 0 saturated heterocycles. The third kappa shape index (κ3) is 11.5. The Bertz CT molecular complexity index is 1400. The summed E-state index contributed by atoms with van der Waals surface area (Å²) < 4.78 is 2.79. The molecule has 0 radical (unpaired) electrons. The molecule has 0 atom stereocenters. The van der Waals surface area contributed by atoms with Gasteiger partial charge in [0.05, 0.1) is 22.3 Å². The van der Waals surface area contributed by atoms with Crippen molar-refractivity contribution in [3.05, 3.63) is 131 Å². The maximum atomic E-state index is 11.7. The number of aromatic nitrogens is 2. The molecule has 0 fully saturated rings. The van der Waals surface area contributed by atoms with Crippen LogP contribution in [0.4, 0.5) is 0 Å². The summed E-state index contributed by atoms with van der Waals surface area (Å²) in [5.74, 6) is 1.24. The van der Waals surface area contributed by atoms with Crippen molar-refractivity contribution >= 4 is 33.0 Å². The number of aromatic hydroxyl groups is 1. The van der Waals surface area contributed by atoms with Gasteiger partial charge in [0.2, 0.25) is 0 Å². The monoisotopic (exact) mass is 642 g/mol.